The Balaban J connectivity index is 0.000000260. The number of primary amides is 1. The lowest BCUT2D eigenvalue weighted by atomic mass is 9.96. The third-order valence-electron chi connectivity index (χ3n) is 10.3. The number of para-hydroxylation sites is 2. The van der Waals surface area contributed by atoms with Crippen molar-refractivity contribution in [3.8, 4) is 0 Å². The van der Waals surface area contributed by atoms with Gasteiger partial charge in [0.1, 0.15) is 0 Å². The van der Waals surface area contributed by atoms with E-state index in [0.29, 0.717) is 33.5 Å². The summed E-state index contributed by atoms with van der Waals surface area (Å²) in [5.41, 5.74) is 6.21. The highest BCUT2D eigenvalue weighted by atomic mass is 35.5. The van der Waals surface area contributed by atoms with Crippen LogP contribution in [0.2, 0.25) is 10.0 Å². The van der Waals surface area contributed by atoms with Crippen LogP contribution >= 0.6 is 23.2 Å². The minimum absolute atomic E-state index is 0.00343. The highest BCUT2D eigenvalue weighted by molar-refractivity contribution is 6.35. The molecule has 0 spiro atoms. The molecule has 2 fully saturated rings. The van der Waals surface area contributed by atoms with Gasteiger partial charge in [-0.2, -0.15) is 26.3 Å². The van der Waals surface area contributed by atoms with Crippen LogP contribution in [-0.2, 0) is 23.7 Å². The summed E-state index contributed by atoms with van der Waals surface area (Å²) in [6.45, 7) is 0.517. The largest absolute Gasteiger partial charge is 0.416 e. The van der Waals surface area contributed by atoms with Gasteiger partial charge in [-0.1, -0.05) is 65.7 Å². The Hall–Kier alpha value is -5.77. The second-order valence-electron chi connectivity index (χ2n) is 14.6. The second kappa shape index (κ2) is 19.3. The van der Waals surface area contributed by atoms with Crippen LogP contribution in [0.15, 0.2) is 115 Å². The van der Waals surface area contributed by atoms with Crippen LogP contribution in [0.3, 0.4) is 0 Å². The number of amides is 3. The van der Waals surface area contributed by atoms with Crippen molar-refractivity contribution in [3.63, 3.8) is 0 Å². The molecule has 9 nitrogen and oxygen atoms in total. The van der Waals surface area contributed by atoms with E-state index in [1.807, 2.05) is 12.1 Å². The maximum absolute atomic E-state index is 13.1. The van der Waals surface area contributed by atoms with E-state index in [-0.39, 0.29) is 41.0 Å². The number of fused-ring (bicyclic) bond motifs is 2. The summed E-state index contributed by atoms with van der Waals surface area (Å²) >= 11 is 12.4. The molecule has 61 heavy (non-hydrogen) atoms. The molecule has 2 bridgehead atoms. The van der Waals surface area contributed by atoms with Gasteiger partial charge in [-0.15, -0.1) is 0 Å². The summed E-state index contributed by atoms with van der Waals surface area (Å²) in [6, 6.07) is 28.5. The van der Waals surface area contributed by atoms with Crippen molar-refractivity contribution in [1.82, 2.24) is 15.5 Å². The first-order chi connectivity index (χ1) is 28.9. The Bertz CT molecular complexity index is 2370. The number of nitrogens with one attached hydrogen (secondary N) is 4. The van der Waals surface area contributed by atoms with Crippen LogP contribution < -0.4 is 27.0 Å². The molecule has 2 aliphatic rings. The van der Waals surface area contributed by atoms with Gasteiger partial charge in [-0.25, -0.2) is 0 Å². The van der Waals surface area contributed by atoms with Crippen LogP contribution in [-0.4, -0.2) is 47.3 Å². The van der Waals surface area contributed by atoms with Gasteiger partial charge < -0.3 is 27.0 Å². The molecule has 3 amide bonds. The van der Waals surface area contributed by atoms with Crippen molar-refractivity contribution in [2.24, 2.45) is 5.73 Å². The number of nitrogens with zero attached hydrogens (tertiary/aromatic N) is 1. The highest BCUT2D eigenvalue weighted by Gasteiger charge is 2.41. The average molecular weight is 886 g/mol. The van der Waals surface area contributed by atoms with Crippen molar-refractivity contribution < 1.29 is 40.7 Å². The Morgan fingerprint density at radius 1 is 0.672 bits per heavy atom. The molecule has 0 aromatic heterocycles. The zero-order valence-electron chi connectivity index (χ0n) is 32.2. The van der Waals surface area contributed by atoms with E-state index in [1.54, 1.807) is 48.5 Å². The number of alkyl halides is 6. The number of carbonyl (C=O) groups is 3. The van der Waals surface area contributed by atoms with Gasteiger partial charge in [-0.05, 0) is 104 Å². The van der Waals surface area contributed by atoms with E-state index < -0.39 is 35.3 Å². The van der Waals surface area contributed by atoms with Gasteiger partial charge in [0.05, 0.1) is 40.2 Å². The number of hydrogen-bond acceptors (Lipinski definition) is 6. The first-order valence-electron chi connectivity index (χ1n) is 19.1. The molecule has 0 aliphatic carbocycles. The molecule has 5 aromatic carbocycles. The topological polar surface area (TPSA) is 129 Å². The van der Waals surface area contributed by atoms with Gasteiger partial charge >= 0.3 is 12.4 Å². The van der Waals surface area contributed by atoms with Crippen LogP contribution in [0.4, 0.5) is 49.1 Å². The van der Waals surface area contributed by atoms with Crippen molar-refractivity contribution in [2.75, 3.05) is 17.2 Å². The molecule has 2 aliphatic heterocycles. The Morgan fingerprint density at radius 2 is 1.20 bits per heavy atom. The lowest BCUT2D eigenvalue weighted by Crippen LogP contribution is -2.51. The highest BCUT2D eigenvalue weighted by Crippen LogP contribution is 2.38. The zero-order valence-corrected chi connectivity index (χ0v) is 33.7. The third kappa shape index (κ3) is 12.0. The lowest BCUT2D eigenvalue weighted by molar-refractivity contribution is -0.138. The molecule has 2 heterocycles. The van der Waals surface area contributed by atoms with Crippen molar-refractivity contribution in [3.05, 3.63) is 153 Å². The molecule has 17 heteroatoms. The van der Waals surface area contributed by atoms with Crippen molar-refractivity contribution in [2.45, 2.75) is 62.7 Å². The standard InChI is InChI=1S/C30H29Cl2F3N4O2.C14H11F3N2O/c31-20-9-8-18(26(32)13-20)17-39-23-10-11-24(39)15-22(14-23)38-28(40)16-36-29(41)25-6-1-2-7-27(25)37-21-5-3-4-19(12-21)30(33,34)35;15-14(16,17)9-4-3-5-10(8-9)19-12-7-2-1-6-11(12)13(18)20/h1-9,12-13,22-24,37H,10-11,14-17H2,(H,36,41)(H,38,40);1-8,19H,(H2,18,20)/t22-,23+,24-;. The first kappa shape index (κ1) is 44.8. The van der Waals surface area contributed by atoms with E-state index in [9.17, 15) is 40.7 Å². The summed E-state index contributed by atoms with van der Waals surface area (Å²) in [5, 5.41) is 12.6. The number of benzene rings is 5. The minimum Gasteiger partial charge on any atom is -0.366 e. The number of hydrogen-bond donors (Lipinski definition) is 5. The SMILES string of the molecule is NC(=O)c1ccccc1Nc1cccc(C(F)(F)F)c1.O=C(CNC(=O)c1ccccc1Nc1cccc(C(F)(F)F)c1)N[C@H]1C[C@H]2CC[C@@H](C1)N2Cc1ccc(Cl)cc1Cl. The maximum atomic E-state index is 13.1. The Morgan fingerprint density at radius 3 is 1.72 bits per heavy atom. The number of piperidine rings is 1. The predicted molar refractivity (Wildman–Crippen MR) is 223 cm³/mol. The number of rotatable bonds is 11. The van der Waals surface area contributed by atoms with Crippen LogP contribution in [0.25, 0.3) is 0 Å². The minimum atomic E-state index is -4.48. The number of nitrogens with two attached hydrogens (primary N) is 1. The fraction of sp³-hybridized carbons (Fsp3) is 0.250. The zero-order chi connectivity index (χ0) is 43.9. The Kier molecular flexibility index (Phi) is 14.2. The fourth-order valence-corrected chi connectivity index (χ4v) is 7.95. The molecule has 5 aromatic rings. The quantitative estimate of drug-likeness (QED) is 0.0841. The summed E-state index contributed by atoms with van der Waals surface area (Å²) in [5.74, 6) is -1.45. The van der Waals surface area contributed by atoms with E-state index in [2.05, 4.69) is 26.2 Å². The smallest absolute Gasteiger partial charge is 0.366 e. The molecule has 6 N–H and O–H groups in total. The summed E-state index contributed by atoms with van der Waals surface area (Å²) < 4.78 is 77.1. The molecule has 2 saturated heterocycles. The second-order valence-corrected chi connectivity index (χ2v) is 15.4. The molecule has 0 radical (unpaired) electrons. The van der Waals surface area contributed by atoms with Gasteiger partial charge in [0.15, 0.2) is 0 Å². The lowest BCUT2D eigenvalue weighted by Gasteiger charge is -2.39. The maximum Gasteiger partial charge on any atom is 0.416 e. The van der Waals surface area contributed by atoms with Gasteiger partial charge in [-0.3, -0.25) is 19.3 Å². The molecular formula is C44H40Cl2F6N6O3. The monoisotopic (exact) mass is 884 g/mol. The van der Waals surface area contributed by atoms with E-state index >= 15 is 0 Å². The molecule has 320 valence electrons. The van der Waals surface area contributed by atoms with Crippen LogP contribution in [0.5, 0.6) is 0 Å². The van der Waals surface area contributed by atoms with Crippen LogP contribution in [0.1, 0.15) is 63.1 Å². The fourth-order valence-electron chi connectivity index (χ4n) is 7.49. The molecule has 3 atom stereocenters. The number of carbonyl (C=O) groups excluding carboxylic acids is 3. The van der Waals surface area contributed by atoms with Crippen molar-refractivity contribution >= 4 is 63.7 Å². The predicted octanol–water partition coefficient (Wildman–Crippen LogP) is 10.3. The molecule has 7 rings (SSSR count). The van der Waals surface area contributed by atoms with E-state index in [0.717, 1.165) is 62.1 Å². The number of halogens is 8. The van der Waals surface area contributed by atoms with Gasteiger partial charge in [0.2, 0.25) is 5.91 Å². The first-order valence-corrected chi connectivity index (χ1v) is 19.8. The summed E-state index contributed by atoms with van der Waals surface area (Å²) in [6.07, 6.45) is -5.18. The average Bonchev–Trinajstić information content (AvgIpc) is 3.44. The molecular weight excluding hydrogens is 845 g/mol. The molecule has 0 saturated carbocycles. The van der Waals surface area contributed by atoms with E-state index in [1.165, 1.54) is 30.3 Å². The normalized spacial score (nSPS) is 17.4. The summed E-state index contributed by atoms with van der Waals surface area (Å²) in [4.78, 5) is 39.4. The Labute approximate surface area is 357 Å². The third-order valence-corrected chi connectivity index (χ3v) is 10.9. The molecule has 0 unspecified atom stereocenters. The van der Waals surface area contributed by atoms with Gasteiger partial charge in [0.25, 0.3) is 11.8 Å². The van der Waals surface area contributed by atoms with Gasteiger partial charge in [0, 0.05) is 46.1 Å². The summed E-state index contributed by atoms with van der Waals surface area (Å²) in [7, 11) is 0. The number of anilines is 4. The van der Waals surface area contributed by atoms with E-state index in [4.69, 9.17) is 28.9 Å². The van der Waals surface area contributed by atoms with Crippen molar-refractivity contribution in [1.29, 1.82) is 0 Å². The van der Waals surface area contributed by atoms with Crippen LogP contribution in [0, 0.1) is 0 Å².